The molecule has 0 radical (unpaired) electrons. The Kier molecular flexibility index (Phi) is 39.7. The fourth-order valence-corrected chi connectivity index (χ4v) is 6.91. The molecule has 0 amide bonds. The maximum Gasteiger partial charge on any atom is 0.305 e. The molecule has 0 heterocycles. The summed E-state index contributed by atoms with van der Waals surface area (Å²) in [5, 5.41) is 9.53. The van der Waals surface area contributed by atoms with Crippen LogP contribution in [0.1, 0.15) is 226 Å². The molecule has 0 rings (SSSR count). The second-order valence-corrected chi connectivity index (χ2v) is 15.3. The molecule has 0 aliphatic rings. The highest BCUT2D eigenvalue weighted by Crippen LogP contribution is 2.20. The van der Waals surface area contributed by atoms with Crippen molar-refractivity contribution in [1.82, 2.24) is 4.90 Å². The predicted molar refractivity (Wildman–Crippen MR) is 214 cm³/mol. The summed E-state index contributed by atoms with van der Waals surface area (Å²) < 4.78 is 11.2. The van der Waals surface area contributed by atoms with E-state index in [1.807, 2.05) is 0 Å². The van der Waals surface area contributed by atoms with E-state index in [9.17, 15) is 14.7 Å². The number of unbranched alkanes of at least 4 members (excludes halogenated alkanes) is 23. The molecule has 0 aliphatic heterocycles. The van der Waals surface area contributed by atoms with Gasteiger partial charge in [-0.25, -0.2) is 0 Å². The number of aliphatic hydroxyl groups excluding tert-OH is 1. The molecular formula is C44H87NO5. The second-order valence-electron chi connectivity index (χ2n) is 15.3. The van der Waals surface area contributed by atoms with E-state index in [0.717, 1.165) is 83.8 Å². The lowest BCUT2D eigenvalue weighted by Gasteiger charge is -2.21. The molecule has 298 valence electrons. The lowest BCUT2D eigenvalue weighted by Crippen LogP contribution is -2.29. The van der Waals surface area contributed by atoms with E-state index >= 15 is 0 Å². The standard InChI is InChI=1S/C44H87NO5/c1-4-7-10-13-16-24-31-40-49-43(47)34-27-20-17-22-29-36-45(38-39-46)37-30-23-21-28-35-44(48)50-41-42(32-25-18-14-11-8-5-2)33-26-19-15-12-9-6-3/h42,46H,4-41H2,1-3H3. The Hall–Kier alpha value is -1.14. The van der Waals surface area contributed by atoms with Crippen LogP contribution in [0.5, 0.6) is 0 Å². The van der Waals surface area contributed by atoms with Crippen molar-refractivity contribution in [3.63, 3.8) is 0 Å². The average molecular weight is 710 g/mol. The van der Waals surface area contributed by atoms with Gasteiger partial charge in [-0.15, -0.1) is 0 Å². The predicted octanol–water partition coefficient (Wildman–Crippen LogP) is 12.5. The Morgan fingerprint density at radius 2 is 0.840 bits per heavy atom. The van der Waals surface area contributed by atoms with Gasteiger partial charge in [0.25, 0.3) is 0 Å². The fraction of sp³-hybridized carbons (Fsp3) is 0.955. The van der Waals surface area contributed by atoms with Crippen LogP contribution in [0.3, 0.4) is 0 Å². The first-order chi connectivity index (χ1) is 24.6. The van der Waals surface area contributed by atoms with Gasteiger partial charge in [0.15, 0.2) is 0 Å². The van der Waals surface area contributed by atoms with Gasteiger partial charge in [-0.05, 0) is 64.0 Å². The monoisotopic (exact) mass is 710 g/mol. The highest BCUT2D eigenvalue weighted by molar-refractivity contribution is 5.69. The number of nitrogens with zero attached hydrogens (tertiary/aromatic N) is 1. The zero-order valence-electron chi connectivity index (χ0n) is 34.0. The number of carbonyl (C=O) groups excluding carboxylic acids is 2. The molecule has 0 fully saturated rings. The van der Waals surface area contributed by atoms with Crippen molar-refractivity contribution in [2.45, 2.75) is 226 Å². The summed E-state index contributed by atoms with van der Waals surface area (Å²) in [4.78, 5) is 26.9. The zero-order chi connectivity index (χ0) is 36.6. The largest absolute Gasteiger partial charge is 0.466 e. The van der Waals surface area contributed by atoms with E-state index < -0.39 is 0 Å². The zero-order valence-corrected chi connectivity index (χ0v) is 34.0. The number of carbonyl (C=O) groups is 2. The minimum atomic E-state index is -0.0340. The van der Waals surface area contributed by atoms with Crippen molar-refractivity contribution >= 4 is 11.9 Å². The summed E-state index contributed by atoms with van der Waals surface area (Å²) in [7, 11) is 0. The molecular weight excluding hydrogens is 622 g/mol. The van der Waals surface area contributed by atoms with Gasteiger partial charge in [0.1, 0.15) is 0 Å². The van der Waals surface area contributed by atoms with Crippen LogP contribution in [0.15, 0.2) is 0 Å². The van der Waals surface area contributed by atoms with Gasteiger partial charge >= 0.3 is 11.9 Å². The normalized spacial score (nSPS) is 11.6. The molecule has 1 N–H and O–H groups in total. The third-order valence-corrected chi connectivity index (χ3v) is 10.3. The summed E-state index contributed by atoms with van der Waals surface area (Å²) in [5.41, 5.74) is 0. The van der Waals surface area contributed by atoms with Gasteiger partial charge < -0.3 is 19.5 Å². The van der Waals surface area contributed by atoms with Crippen molar-refractivity contribution in [3.05, 3.63) is 0 Å². The Labute approximate surface area is 312 Å². The topological polar surface area (TPSA) is 76.1 Å². The van der Waals surface area contributed by atoms with Gasteiger partial charge in [0.2, 0.25) is 0 Å². The van der Waals surface area contributed by atoms with Crippen molar-refractivity contribution in [2.75, 3.05) is 39.5 Å². The number of hydrogen-bond acceptors (Lipinski definition) is 6. The van der Waals surface area contributed by atoms with Crippen LogP contribution < -0.4 is 0 Å². The van der Waals surface area contributed by atoms with Gasteiger partial charge in [-0.2, -0.15) is 0 Å². The van der Waals surface area contributed by atoms with E-state index in [4.69, 9.17) is 9.47 Å². The van der Waals surface area contributed by atoms with Crippen LogP contribution in [0, 0.1) is 5.92 Å². The van der Waals surface area contributed by atoms with Crippen LogP contribution in [0.2, 0.25) is 0 Å². The summed E-state index contributed by atoms with van der Waals surface area (Å²) in [5.74, 6) is 0.485. The lowest BCUT2D eigenvalue weighted by atomic mass is 9.94. The third kappa shape index (κ3) is 36.6. The fourth-order valence-electron chi connectivity index (χ4n) is 6.91. The summed E-state index contributed by atoms with van der Waals surface area (Å²) in [6.07, 6.45) is 37.6. The first-order valence-electron chi connectivity index (χ1n) is 22.2. The molecule has 0 saturated carbocycles. The highest BCUT2D eigenvalue weighted by Gasteiger charge is 2.13. The summed E-state index contributed by atoms with van der Waals surface area (Å²) in [6.45, 7) is 10.9. The molecule has 0 unspecified atom stereocenters. The third-order valence-electron chi connectivity index (χ3n) is 10.3. The molecule has 0 aromatic heterocycles. The molecule has 0 aromatic carbocycles. The number of rotatable bonds is 41. The molecule has 6 heteroatoms. The number of hydrogen-bond donors (Lipinski definition) is 1. The Morgan fingerprint density at radius 1 is 0.460 bits per heavy atom. The Bertz CT molecular complexity index is 686. The lowest BCUT2D eigenvalue weighted by molar-refractivity contribution is -0.145. The van der Waals surface area contributed by atoms with E-state index in [1.165, 1.54) is 128 Å². The Morgan fingerprint density at radius 3 is 1.30 bits per heavy atom. The first kappa shape index (κ1) is 48.9. The van der Waals surface area contributed by atoms with E-state index in [-0.39, 0.29) is 18.5 Å². The van der Waals surface area contributed by atoms with Gasteiger partial charge in [0, 0.05) is 19.4 Å². The molecule has 0 bridgehead atoms. The van der Waals surface area contributed by atoms with Crippen molar-refractivity contribution < 1.29 is 24.2 Å². The molecule has 0 spiro atoms. The summed E-state index contributed by atoms with van der Waals surface area (Å²) in [6, 6.07) is 0. The van der Waals surface area contributed by atoms with Gasteiger partial charge in [-0.1, -0.05) is 168 Å². The maximum absolute atomic E-state index is 12.5. The van der Waals surface area contributed by atoms with Crippen molar-refractivity contribution in [3.8, 4) is 0 Å². The van der Waals surface area contributed by atoms with Crippen molar-refractivity contribution in [1.29, 1.82) is 0 Å². The molecule has 0 aromatic rings. The minimum absolute atomic E-state index is 0.0109. The quantitative estimate of drug-likeness (QED) is 0.0503. The SMILES string of the molecule is CCCCCCCCCOC(=O)CCCCCCCN(CCO)CCCCCCC(=O)OCC(CCCCCCCC)CCCCCCCC. The van der Waals surface area contributed by atoms with Crippen LogP contribution in [0.4, 0.5) is 0 Å². The molecule has 6 nitrogen and oxygen atoms in total. The van der Waals surface area contributed by atoms with E-state index in [1.54, 1.807) is 0 Å². The van der Waals surface area contributed by atoms with Gasteiger partial charge in [0.05, 0.1) is 19.8 Å². The van der Waals surface area contributed by atoms with Crippen LogP contribution in [-0.4, -0.2) is 61.4 Å². The van der Waals surface area contributed by atoms with Crippen LogP contribution >= 0.6 is 0 Å². The molecule has 0 atom stereocenters. The molecule has 0 saturated heterocycles. The van der Waals surface area contributed by atoms with Crippen molar-refractivity contribution in [2.24, 2.45) is 5.92 Å². The van der Waals surface area contributed by atoms with E-state index in [0.29, 0.717) is 32.0 Å². The van der Waals surface area contributed by atoms with Crippen LogP contribution in [0.25, 0.3) is 0 Å². The smallest absolute Gasteiger partial charge is 0.305 e. The van der Waals surface area contributed by atoms with Crippen LogP contribution in [-0.2, 0) is 19.1 Å². The van der Waals surface area contributed by atoms with E-state index in [2.05, 4.69) is 25.7 Å². The average Bonchev–Trinajstić information content (AvgIpc) is 3.11. The maximum atomic E-state index is 12.5. The molecule has 0 aliphatic carbocycles. The first-order valence-corrected chi connectivity index (χ1v) is 22.2. The number of aliphatic hydroxyl groups is 1. The summed E-state index contributed by atoms with van der Waals surface area (Å²) >= 11 is 0. The molecule has 50 heavy (non-hydrogen) atoms. The number of esters is 2. The second kappa shape index (κ2) is 40.6. The highest BCUT2D eigenvalue weighted by atomic mass is 16.5. The number of ether oxygens (including phenoxy) is 2. The Balaban J connectivity index is 3.94. The van der Waals surface area contributed by atoms with Gasteiger partial charge in [-0.3, -0.25) is 9.59 Å². The minimum Gasteiger partial charge on any atom is -0.466 e.